The van der Waals surface area contributed by atoms with Crippen molar-refractivity contribution in [3.63, 3.8) is 0 Å². The summed E-state index contributed by atoms with van der Waals surface area (Å²) < 4.78 is 36.4. The molecule has 0 amide bonds. The van der Waals surface area contributed by atoms with Crippen LogP contribution >= 0.6 is 11.6 Å². The number of aromatic amines is 1. The minimum atomic E-state index is -3.67. The lowest BCUT2D eigenvalue weighted by atomic mass is 10.3. The largest absolute Gasteiger partial charge is 0.382 e. The number of H-pyrrole nitrogens is 1. The second-order valence-corrected chi connectivity index (χ2v) is 6.40. The number of unbranched alkanes of at least 4 members (excludes halogenated alkanes) is 1. The SMILES string of the molecule is COCCOCCCCNS(=O)(=O)c1c[nH]c(=O)c(Cl)c1. The Morgan fingerprint density at radius 2 is 2.05 bits per heavy atom. The summed E-state index contributed by atoms with van der Waals surface area (Å²) in [6, 6.07) is 1.12. The van der Waals surface area contributed by atoms with Crippen LogP contribution in [0, 0.1) is 0 Å². The molecule has 0 saturated carbocycles. The molecule has 1 aromatic heterocycles. The summed E-state index contributed by atoms with van der Waals surface area (Å²) in [7, 11) is -2.07. The van der Waals surface area contributed by atoms with Crippen LogP contribution in [0.1, 0.15) is 12.8 Å². The van der Waals surface area contributed by atoms with Gasteiger partial charge in [-0.05, 0) is 18.9 Å². The summed E-state index contributed by atoms with van der Waals surface area (Å²) in [5, 5.41) is -0.163. The first-order chi connectivity index (χ1) is 9.97. The molecular weight excluding hydrogens is 320 g/mol. The van der Waals surface area contributed by atoms with Crippen LogP contribution in [-0.4, -0.2) is 46.9 Å². The molecule has 0 aliphatic heterocycles. The molecule has 0 aromatic carbocycles. The minimum absolute atomic E-state index is 0.0663. The van der Waals surface area contributed by atoms with E-state index in [-0.39, 0.29) is 16.5 Å². The van der Waals surface area contributed by atoms with Gasteiger partial charge in [-0.3, -0.25) is 4.79 Å². The maximum Gasteiger partial charge on any atom is 0.266 e. The first-order valence-electron chi connectivity index (χ1n) is 6.42. The molecule has 0 saturated heterocycles. The van der Waals surface area contributed by atoms with Crippen LogP contribution in [0.2, 0.25) is 5.02 Å². The van der Waals surface area contributed by atoms with E-state index in [0.717, 1.165) is 18.7 Å². The molecule has 0 aliphatic rings. The number of nitrogens with one attached hydrogen (secondary N) is 2. The third-order valence-corrected chi connectivity index (χ3v) is 4.30. The van der Waals surface area contributed by atoms with Crippen LogP contribution in [-0.2, 0) is 19.5 Å². The Hall–Kier alpha value is -0.930. The highest BCUT2D eigenvalue weighted by Gasteiger charge is 2.14. The van der Waals surface area contributed by atoms with Gasteiger partial charge in [0.05, 0.1) is 18.1 Å². The van der Waals surface area contributed by atoms with E-state index in [1.54, 1.807) is 7.11 Å². The Balaban J connectivity index is 2.33. The van der Waals surface area contributed by atoms with Crippen LogP contribution in [0.15, 0.2) is 22.0 Å². The fourth-order valence-electron chi connectivity index (χ4n) is 1.46. The number of pyridine rings is 1. The highest BCUT2D eigenvalue weighted by molar-refractivity contribution is 7.89. The van der Waals surface area contributed by atoms with Crippen molar-refractivity contribution < 1.29 is 17.9 Å². The molecule has 0 spiro atoms. The topological polar surface area (TPSA) is 97.5 Å². The van der Waals surface area contributed by atoms with Gasteiger partial charge in [-0.1, -0.05) is 11.6 Å². The summed E-state index contributed by atoms with van der Waals surface area (Å²) in [6.45, 7) is 1.90. The fourth-order valence-corrected chi connectivity index (χ4v) is 2.76. The normalized spacial score (nSPS) is 11.7. The second-order valence-electron chi connectivity index (χ2n) is 4.22. The quantitative estimate of drug-likeness (QED) is 0.613. The smallest absolute Gasteiger partial charge is 0.266 e. The number of methoxy groups -OCH3 is 1. The van der Waals surface area contributed by atoms with E-state index in [0.29, 0.717) is 26.2 Å². The third-order valence-electron chi connectivity index (χ3n) is 2.58. The summed E-state index contributed by atoms with van der Waals surface area (Å²) in [5.41, 5.74) is -0.524. The minimum Gasteiger partial charge on any atom is -0.382 e. The van der Waals surface area contributed by atoms with Crippen molar-refractivity contribution >= 4 is 21.6 Å². The van der Waals surface area contributed by atoms with Gasteiger partial charge < -0.3 is 14.5 Å². The Morgan fingerprint density at radius 1 is 1.29 bits per heavy atom. The Morgan fingerprint density at radius 3 is 2.71 bits per heavy atom. The molecule has 2 N–H and O–H groups in total. The van der Waals surface area contributed by atoms with E-state index < -0.39 is 15.6 Å². The molecule has 1 heterocycles. The lowest BCUT2D eigenvalue weighted by molar-refractivity contribution is 0.0689. The van der Waals surface area contributed by atoms with Crippen molar-refractivity contribution in [3.05, 3.63) is 27.6 Å². The number of sulfonamides is 1. The number of hydrogen-bond donors (Lipinski definition) is 2. The van der Waals surface area contributed by atoms with Crippen molar-refractivity contribution in [1.29, 1.82) is 0 Å². The Kier molecular flexibility index (Phi) is 7.91. The monoisotopic (exact) mass is 338 g/mol. The summed E-state index contributed by atoms with van der Waals surface area (Å²) in [5.74, 6) is 0. The fraction of sp³-hybridized carbons (Fsp3) is 0.583. The number of hydrogen-bond acceptors (Lipinski definition) is 5. The van der Waals surface area contributed by atoms with Gasteiger partial charge in [0.15, 0.2) is 0 Å². The zero-order valence-electron chi connectivity index (χ0n) is 11.7. The van der Waals surface area contributed by atoms with Crippen LogP contribution in [0.4, 0.5) is 0 Å². The number of halogens is 1. The standard InChI is InChI=1S/C12H19ClN2O5S/c1-19-6-7-20-5-3-2-4-15-21(17,18)10-8-11(13)12(16)14-9-10/h8-9,15H,2-7H2,1H3,(H,14,16). The van der Waals surface area contributed by atoms with Crippen LogP contribution < -0.4 is 10.3 Å². The van der Waals surface area contributed by atoms with E-state index >= 15 is 0 Å². The average Bonchev–Trinajstić information content (AvgIpc) is 2.44. The Bertz CT molecular complexity index is 588. The van der Waals surface area contributed by atoms with Gasteiger partial charge in [-0.15, -0.1) is 0 Å². The van der Waals surface area contributed by atoms with Gasteiger partial charge in [0.1, 0.15) is 5.02 Å². The molecule has 120 valence electrons. The molecule has 7 nitrogen and oxygen atoms in total. The highest BCUT2D eigenvalue weighted by Crippen LogP contribution is 2.10. The van der Waals surface area contributed by atoms with Gasteiger partial charge in [-0.25, -0.2) is 13.1 Å². The van der Waals surface area contributed by atoms with Crippen LogP contribution in [0.3, 0.4) is 0 Å². The number of ether oxygens (including phenoxy) is 2. The van der Waals surface area contributed by atoms with Gasteiger partial charge in [0, 0.05) is 26.5 Å². The van der Waals surface area contributed by atoms with E-state index in [4.69, 9.17) is 21.1 Å². The molecule has 0 fully saturated rings. The summed E-state index contributed by atoms with van der Waals surface area (Å²) in [6.07, 6.45) is 2.49. The average molecular weight is 339 g/mol. The van der Waals surface area contributed by atoms with E-state index in [2.05, 4.69) is 9.71 Å². The molecule has 0 atom stereocenters. The molecule has 1 aromatic rings. The first-order valence-corrected chi connectivity index (χ1v) is 8.28. The lowest BCUT2D eigenvalue weighted by Gasteiger charge is -2.07. The molecule has 0 unspecified atom stereocenters. The predicted molar refractivity (Wildman–Crippen MR) is 79.2 cm³/mol. The van der Waals surface area contributed by atoms with Crippen LogP contribution in [0.5, 0.6) is 0 Å². The van der Waals surface area contributed by atoms with Crippen molar-refractivity contribution in [2.24, 2.45) is 0 Å². The second kappa shape index (κ2) is 9.16. The van der Waals surface area contributed by atoms with E-state index in [1.807, 2.05) is 0 Å². The van der Waals surface area contributed by atoms with E-state index in [9.17, 15) is 13.2 Å². The Labute approximate surface area is 128 Å². The summed E-state index contributed by atoms with van der Waals surface area (Å²) >= 11 is 5.60. The zero-order chi connectivity index (χ0) is 15.7. The molecule has 9 heteroatoms. The number of aromatic nitrogens is 1. The van der Waals surface area contributed by atoms with Crippen molar-refractivity contribution in [2.45, 2.75) is 17.7 Å². The highest BCUT2D eigenvalue weighted by atomic mass is 35.5. The van der Waals surface area contributed by atoms with Crippen molar-refractivity contribution in [3.8, 4) is 0 Å². The molecule has 0 aliphatic carbocycles. The maximum absolute atomic E-state index is 11.9. The van der Waals surface area contributed by atoms with Crippen LogP contribution in [0.25, 0.3) is 0 Å². The molecule has 1 rings (SSSR count). The zero-order valence-corrected chi connectivity index (χ0v) is 13.3. The molecular formula is C12H19ClN2O5S. The molecule has 0 bridgehead atoms. The summed E-state index contributed by atoms with van der Waals surface area (Å²) in [4.78, 5) is 13.3. The van der Waals surface area contributed by atoms with Gasteiger partial charge in [-0.2, -0.15) is 0 Å². The number of rotatable bonds is 10. The van der Waals surface area contributed by atoms with E-state index in [1.165, 1.54) is 0 Å². The third kappa shape index (κ3) is 6.58. The molecule has 0 radical (unpaired) electrons. The van der Waals surface area contributed by atoms with Gasteiger partial charge in [0.2, 0.25) is 10.0 Å². The molecule has 21 heavy (non-hydrogen) atoms. The lowest BCUT2D eigenvalue weighted by Crippen LogP contribution is -2.26. The maximum atomic E-state index is 11.9. The van der Waals surface area contributed by atoms with Crippen molar-refractivity contribution in [1.82, 2.24) is 9.71 Å². The first kappa shape index (κ1) is 18.1. The predicted octanol–water partition coefficient (Wildman–Crippen LogP) is 0.750. The van der Waals surface area contributed by atoms with Crippen molar-refractivity contribution in [2.75, 3.05) is 33.5 Å². The van der Waals surface area contributed by atoms with Gasteiger partial charge in [0.25, 0.3) is 5.56 Å². The van der Waals surface area contributed by atoms with Gasteiger partial charge >= 0.3 is 0 Å².